The number of carbonyl (C=O) groups is 1. The van der Waals surface area contributed by atoms with E-state index in [-0.39, 0.29) is 5.91 Å². The summed E-state index contributed by atoms with van der Waals surface area (Å²) in [5.74, 6) is 1.06. The van der Waals surface area contributed by atoms with E-state index in [9.17, 15) is 4.79 Å². The van der Waals surface area contributed by atoms with Crippen LogP contribution in [0.3, 0.4) is 0 Å². The van der Waals surface area contributed by atoms with E-state index in [1.807, 2.05) is 43.7 Å². The fraction of sp³-hybridized carbons (Fsp3) is 0.450. The molecule has 0 bridgehead atoms. The topological polar surface area (TPSA) is 52.6 Å². The molecule has 138 valence electrons. The van der Waals surface area contributed by atoms with Crippen LogP contribution in [0.4, 0.5) is 11.5 Å². The van der Waals surface area contributed by atoms with Gasteiger partial charge in [0.05, 0.1) is 17.4 Å². The van der Waals surface area contributed by atoms with Crippen molar-refractivity contribution in [1.82, 2.24) is 14.9 Å². The Labute approximate surface area is 155 Å². The molecule has 1 fully saturated rings. The molecule has 6 nitrogen and oxygen atoms in total. The summed E-state index contributed by atoms with van der Waals surface area (Å²) in [6.45, 7) is 6.51. The second-order valence-corrected chi connectivity index (χ2v) is 6.67. The van der Waals surface area contributed by atoms with Gasteiger partial charge in [-0.1, -0.05) is 19.4 Å². The lowest BCUT2D eigenvalue weighted by Gasteiger charge is -2.36. The van der Waals surface area contributed by atoms with Gasteiger partial charge in [-0.2, -0.15) is 0 Å². The van der Waals surface area contributed by atoms with Gasteiger partial charge in [0, 0.05) is 52.2 Å². The van der Waals surface area contributed by atoms with Gasteiger partial charge in [-0.15, -0.1) is 0 Å². The molecule has 0 atom stereocenters. The number of hydrogen-bond acceptors (Lipinski definition) is 5. The number of piperazine rings is 1. The summed E-state index contributed by atoms with van der Waals surface area (Å²) < 4.78 is 0. The van der Waals surface area contributed by atoms with Crippen LogP contribution in [0.15, 0.2) is 42.9 Å². The van der Waals surface area contributed by atoms with Crippen LogP contribution in [0, 0.1) is 0 Å². The van der Waals surface area contributed by atoms with Gasteiger partial charge in [-0.25, -0.2) is 4.98 Å². The lowest BCUT2D eigenvalue weighted by molar-refractivity contribution is 0.0793. The van der Waals surface area contributed by atoms with Crippen molar-refractivity contribution in [1.29, 1.82) is 0 Å². The summed E-state index contributed by atoms with van der Waals surface area (Å²) in [6.07, 6.45) is 7.44. The van der Waals surface area contributed by atoms with Crippen molar-refractivity contribution in [2.24, 2.45) is 0 Å². The molecule has 0 radical (unpaired) electrons. The van der Waals surface area contributed by atoms with E-state index < -0.39 is 0 Å². The minimum Gasteiger partial charge on any atom is -0.367 e. The third-order valence-corrected chi connectivity index (χ3v) is 4.78. The molecule has 6 heteroatoms. The predicted octanol–water partition coefficient (Wildman–Crippen LogP) is 2.68. The average molecular weight is 353 g/mol. The van der Waals surface area contributed by atoms with Gasteiger partial charge in [0.2, 0.25) is 0 Å². The third kappa shape index (κ3) is 4.31. The zero-order chi connectivity index (χ0) is 18.4. The fourth-order valence-corrected chi connectivity index (χ4v) is 3.17. The van der Waals surface area contributed by atoms with Gasteiger partial charge >= 0.3 is 0 Å². The number of unbranched alkanes of at least 4 members (excludes halogenated alkanes) is 1. The van der Waals surface area contributed by atoms with Crippen molar-refractivity contribution in [3.05, 3.63) is 48.4 Å². The standard InChI is InChI=1S/C20H27N5O/c1-3-4-9-23(2)20(26)17-14-18(16-21-15-17)24-10-12-25(13-11-24)19-7-5-6-8-22-19/h5-8,14-16H,3-4,9-13H2,1-2H3. The van der Waals surface area contributed by atoms with Gasteiger partial charge in [-0.3, -0.25) is 9.78 Å². The molecular weight excluding hydrogens is 326 g/mol. The minimum absolute atomic E-state index is 0.0416. The van der Waals surface area contributed by atoms with E-state index in [1.54, 1.807) is 11.1 Å². The number of carbonyl (C=O) groups excluding carboxylic acids is 1. The molecule has 2 aromatic heterocycles. The van der Waals surface area contributed by atoms with Crippen LogP contribution in [0.25, 0.3) is 0 Å². The Morgan fingerprint density at radius 1 is 1.15 bits per heavy atom. The number of pyridine rings is 2. The van der Waals surface area contributed by atoms with Crippen molar-refractivity contribution < 1.29 is 4.79 Å². The van der Waals surface area contributed by atoms with Crippen LogP contribution >= 0.6 is 0 Å². The van der Waals surface area contributed by atoms with Crippen molar-refractivity contribution in [3.8, 4) is 0 Å². The Bertz CT molecular complexity index is 713. The Hall–Kier alpha value is -2.63. The molecule has 0 spiro atoms. The number of rotatable bonds is 6. The first-order valence-corrected chi connectivity index (χ1v) is 9.30. The Morgan fingerprint density at radius 3 is 2.62 bits per heavy atom. The summed E-state index contributed by atoms with van der Waals surface area (Å²) in [5.41, 5.74) is 1.67. The third-order valence-electron chi connectivity index (χ3n) is 4.78. The minimum atomic E-state index is 0.0416. The Morgan fingerprint density at radius 2 is 1.92 bits per heavy atom. The molecule has 1 amide bonds. The monoisotopic (exact) mass is 353 g/mol. The first kappa shape index (κ1) is 18.2. The molecule has 1 aliphatic heterocycles. The van der Waals surface area contributed by atoms with E-state index in [1.165, 1.54) is 0 Å². The van der Waals surface area contributed by atoms with Crippen LogP contribution in [0.1, 0.15) is 30.1 Å². The van der Waals surface area contributed by atoms with Crippen molar-refractivity contribution in [2.45, 2.75) is 19.8 Å². The molecule has 0 aromatic carbocycles. The SMILES string of the molecule is CCCCN(C)C(=O)c1cncc(N2CCN(c3ccccn3)CC2)c1. The number of hydrogen-bond donors (Lipinski definition) is 0. The quantitative estimate of drug-likeness (QED) is 0.799. The number of aromatic nitrogens is 2. The van der Waals surface area contributed by atoms with E-state index in [4.69, 9.17) is 0 Å². The largest absolute Gasteiger partial charge is 0.367 e. The molecule has 0 aliphatic carbocycles. The summed E-state index contributed by atoms with van der Waals surface area (Å²) >= 11 is 0. The molecule has 0 N–H and O–H groups in total. The highest BCUT2D eigenvalue weighted by Crippen LogP contribution is 2.20. The zero-order valence-electron chi connectivity index (χ0n) is 15.6. The van der Waals surface area contributed by atoms with Crippen LogP contribution in [0.5, 0.6) is 0 Å². The first-order chi connectivity index (χ1) is 12.7. The lowest BCUT2D eigenvalue weighted by Crippen LogP contribution is -2.46. The lowest BCUT2D eigenvalue weighted by atomic mass is 10.2. The highest BCUT2D eigenvalue weighted by molar-refractivity contribution is 5.94. The van der Waals surface area contributed by atoms with Gasteiger partial charge in [-0.05, 0) is 24.6 Å². The highest BCUT2D eigenvalue weighted by Gasteiger charge is 2.20. The smallest absolute Gasteiger partial charge is 0.255 e. The second kappa shape index (κ2) is 8.65. The Balaban J connectivity index is 1.63. The highest BCUT2D eigenvalue weighted by atomic mass is 16.2. The summed E-state index contributed by atoms with van der Waals surface area (Å²) in [5, 5.41) is 0. The van der Waals surface area contributed by atoms with E-state index in [0.717, 1.165) is 57.1 Å². The van der Waals surface area contributed by atoms with Crippen LogP contribution in [-0.2, 0) is 0 Å². The molecular formula is C20H27N5O. The maximum absolute atomic E-state index is 12.6. The van der Waals surface area contributed by atoms with Crippen LogP contribution in [0.2, 0.25) is 0 Å². The molecule has 3 heterocycles. The number of anilines is 2. The van der Waals surface area contributed by atoms with Gasteiger partial charge in [0.1, 0.15) is 5.82 Å². The molecule has 3 rings (SSSR count). The van der Waals surface area contributed by atoms with E-state index >= 15 is 0 Å². The second-order valence-electron chi connectivity index (χ2n) is 6.67. The summed E-state index contributed by atoms with van der Waals surface area (Å²) in [7, 11) is 1.86. The molecule has 0 saturated carbocycles. The predicted molar refractivity (Wildman–Crippen MR) is 105 cm³/mol. The molecule has 26 heavy (non-hydrogen) atoms. The van der Waals surface area contributed by atoms with Crippen LogP contribution in [-0.4, -0.2) is 60.5 Å². The van der Waals surface area contributed by atoms with Crippen molar-refractivity contribution in [2.75, 3.05) is 49.6 Å². The maximum atomic E-state index is 12.6. The maximum Gasteiger partial charge on any atom is 0.255 e. The van der Waals surface area contributed by atoms with Crippen molar-refractivity contribution >= 4 is 17.4 Å². The van der Waals surface area contributed by atoms with Crippen LogP contribution < -0.4 is 9.80 Å². The van der Waals surface area contributed by atoms with E-state index in [2.05, 4.69) is 26.7 Å². The van der Waals surface area contributed by atoms with Gasteiger partial charge < -0.3 is 14.7 Å². The fourth-order valence-electron chi connectivity index (χ4n) is 3.17. The average Bonchev–Trinajstić information content (AvgIpc) is 2.72. The van der Waals surface area contributed by atoms with Gasteiger partial charge in [0.25, 0.3) is 5.91 Å². The van der Waals surface area contributed by atoms with Crippen molar-refractivity contribution in [3.63, 3.8) is 0 Å². The number of nitrogens with zero attached hydrogens (tertiary/aromatic N) is 5. The number of amides is 1. The summed E-state index contributed by atoms with van der Waals surface area (Å²) in [4.78, 5) is 27.7. The molecule has 1 aliphatic rings. The molecule has 1 saturated heterocycles. The first-order valence-electron chi connectivity index (χ1n) is 9.30. The Kier molecular flexibility index (Phi) is 6.04. The molecule has 2 aromatic rings. The normalized spacial score (nSPS) is 14.4. The van der Waals surface area contributed by atoms with E-state index in [0.29, 0.717) is 5.56 Å². The molecule has 0 unspecified atom stereocenters. The zero-order valence-corrected chi connectivity index (χ0v) is 15.6. The summed E-state index contributed by atoms with van der Waals surface area (Å²) in [6, 6.07) is 7.96. The van der Waals surface area contributed by atoms with Gasteiger partial charge in [0.15, 0.2) is 0 Å².